The molecule has 0 amide bonds. The first kappa shape index (κ1) is 14.0. The molecule has 1 aromatic heterocycles. The Morgan fingerprint density at radius 1 is 1.26 bits per heavy atom. The predicted molar refractivity (Wildman–Crippen MR) is 78.9 cm³/mol. The Bertz CT molecular complexity index is 525. The minimum Gasteiger partial charge on any atom is -0.271 e. The fourth-order valence-corrected chi connectivity index (χ4v) is 2.27. The van der Waals surface area contributed by atoms with E-state index >= 15 is 0 Å². The van der Waals surface area contributed by atoms with Gasteiger partial charge >= 0.3 is 0 Å². The summed E-state index contributed by atoms with van der Waals surface area (Å²) in [7, 11) is 0. The van der Waals surface area contributed by atoms with Crippen LogP contribution in [0.3, 0.4) is 0 Å². The SMILES string of the molecule is CCCc1cccc(C(NN)c2ccc(Cl)nc2)c1. The highest BCUT2D eigenvalue weighted by molar-refractivity contribution is 6.29. The van der Waals surface area contributed by atoms with Crippen LogP contribution in [0.5, 0.6) is 0 Å². The molecular formula is C15H18ClN3. The van der Waals surface area contributed by atoms with Gasteiger partial charge in [0.1, 0.15) is 5.15 Å². The van der Waals surface area contributed by atoms with Gasteiger partial charge in [0.05, 0.1) is 6.04 Å². The Hall–Kier alpha value is -1.42. The van der Waals surface area contributed by atoms with Crippen LogP contribution in [0.4, 0.5) is 0 Å². The molecule has 0 spiro atoms. The molecule has 1 atom stereocenters. The Labute approximate surface area is 118 Å². The van der Waals surface area contributed by atoms with Gasteiger partial charge in [0, 0.05) is 6.20 Å². The second-order valence-corrected chi connectivity index (χ2v) is 4.90. The third-order valence-corrected chi connectivity index (χ3v) is 3.30. The number of pyridine rings is 1. The smallest absolute Gasteiger partial charge is 0.129 e. The van der Waals surface area contributed by atoms with Crippen LogP contribution < -0.4 is 11.3 Å². The van der Waals surface area contributed by atoms with Gasteiger partial charge in [-0.2, -0.15) is 0 Å². The van der Waals surface area contributed by atoms with Gasteiger partial charge in [-0.25, -0.2) is 10.4 Å². The van der Waals surface area contributed by atoms with Crippen LogP contribution in [0.1, 0.15) is 36.1 Å². The zero-order chi connectivity index (χ0) is 13.7. The number of benzene rings is 1. The van der Waals surface area contributed by atoms with Gasteiger partial charge in [0.25, 0.3) is 0 Å². The maximum Gasteiger partial charge on any atom is 0.129 e. The topological polar surface area (TPSA) is 50.9 Å². The third kappa shape index (κ3) is 3.53. The lowest BCUT2D eigenvalue weighted by Crippen LogP contribution is -2.29. The van der Waals surface area contributed by atoms with E-state index in [-0.39, 0.29) is 6.04 Å². The molecule has 0 aliphatic carbocycles. The highest BCUT2D eigenvalue weighted by Gasteiger charge is 2.13. The molecule has 3 nitrogen and oxygen atoms in total. The summed E-state index contributed by atoms with van der Waals surface area (Å²) in [5.41, 5.74) is 6.30. The fraction of sp³-hybridized carbons (Fsp3) is 0.267. The Balaban J connectivity index is 2.30. The molecule has 2 rings (SSSR count). The fourth-order valence-electron chi connectivity index (χ4n) is 2.16. The van der Waals surface area contributed by atoms with Gasteiger partial charge in [-0.3, -0.25) is 5.84 Å². The monoisotopic (exact) mass is 275 g/mol. The van der Waals surface area contributed by atoms with Crippen molar-refractivity contribution in [1.82, 2.24) is 10.4 Å². The molecule has 100 valence electrons. The van der Waals surface area contributed by atoms with Crippen LogP contribution in [0.25, 0.3) is 0 Å². The molecule has 1 unspecified atom stereocenters. The van der Waals surface area contributed by atoms with Crippen molar-refractivity contribution in [2.24, 2.45) is 5.84 Å². The van der Waals surface area contributed by atoms with Crippen LogP contribution in [0.15, 0.2) is 42.6 Å². The molecule has 4 heteroatoms. The molecule has 1 heterocycles. The molecule has 0 aliphatic rings. The number of nitrogens with two attached hydrogens (primary N) is 1. The predicted octanol–water partition coefficient (Wildman–Crippen LogP) is 3.24. The Kier molecular flexibility index (Phi) is 4.91. The first-order chi connectivity index (χ1) is 9.24. The first-order valence-corrected chi connectivity index (χ1v) is 6.78. The van der Waals surface area contributed by atoms with E-state index in [2.05, 4.69) is 41.6 Å². The summed E-state index contributed by atoms with van der Waals surface area (Å²) >= 11 is 5.81. The standard InChI is InChI=1S/C15H18ClN3/c1-2-4-11-5-3-6-12(9-11)15(19-17)13-7-8-14(16)18-10-13/h3,5-10,15,19H,2,4,17H2,1H3. The number of nitrogens with zero attached hydrogens (tertiary/aromatic N) is 1. The quantitative estimate of drug-likeness (QED) is 0.500. The summed E-state index contributed by atoms with van der Waals surface area (Å²) in [5, 5.41) is 0.485. The summed E-state index contributed by atoms with van der Waals surface area (Å²) < 4.78 is 0. The van der Waals surface area contributed by atoms with Crippen molar-refractivity contribution in [3.63, 3.8) is 0 Å². The van der Waals surface area contributed by atoms with E-state index in [1.807, 2.05) is 6.07 Å². The number of hydrogen-bond acceptors (Lipinski definition) is 3. The van der Waals surface area contributed by atoms with E-state index in [1.54, 1.807) is 12.3 Å². The Morgan fingerprint density at radius 2 is 2.11 bits per heavy atom. The van der Waals surface area contributed by atoms with Crippen molar-refractivity contribution in [2.45, 2.75) is 25.8 Å². The van der Waals surface area contributed by atoms with E-state index in [0.29, 0.717) is 5.15 Å². The molecular weight excluding hydrogens is 258 g/mol. The number of rotatable bonds is 5. The molecule has 0 saturated carbocycles. The van der Waals surface area contributed by atoms with Crippen molar-refractivity contribution < 1.29 is 0 Å². The number of aryl methyl sites for hydroxylation is 1. The summed E-state index contributed by atoms with van der Waals surface area (Å²) in [6, 6.07) is 12.1. The zero-order valence-corrected chi connectivity index (χ0v) is 11.7. The highest BCUT2D eigenvalue weighted by Crippen LogP contribution is 2.22. The summed E-state index contributed by atoms with van der Waals surface area (Å²) in [4.78, 5) is 4.10. The van der Waals surface area contributed by atoms with Crippen LogP contribution in [-0.2, 0) is 6.42 Å². The Morgan fingerprint density at radius 3 is 2.74 bits per heavy atom. The summed E-state index contributed by atoms with van der Waals surface area (Å²) in [6.45, 7) is 2.18. The molecule has 2 aromatic rings. The minimum atomic E-state index is -0.0680. The van der Waals surface area contributed by atoms with Gasteiger partial charge in [0.15, 0.2) is 0 Å². The number of aromatic nitrogens is 1. The number of hydrazine groups is 1. The number of hydrogen-bond donors (Lipinski definition) is 2. The van der Waals surface area contributed by atoms with E-state index in [4.69, 9.17) is 17.4 Å². The lowest BCUT2D eigenvalue weighted by atomic mass is 9.98. The van der Waals surface area contributed by atoms with Crippen LogP contribution in [0, 0.1) is 0 Å². The van der Waals surface area contributed by atoms with Crippen LogP contribution >= 0.6 is 11.6 Å². The summed E-state index contributed by atoms with van der Waals surface area (Å²) in [5.74, 6) is 5.69. The van der Waals surface area contributed by atoms with Crippen molar-refractivity contribution in [2.75, 3.05) is 0 Å². The maximum absolute atomic E-state index is 5.81. The van der Waals surface area contributed by atoms with Gasteiger partial charge in [-0.05, 0) is 29.2 Å². The van der Waals surface area contributed by atoms with Crippen molar-refractivity contribution in [3.8, 4) is 0 Å². The molecule has 0 aliphatic heterocycles. The molecule has 0 bridgehead atoms. The molecule has 0 radical (unpaired) electrons. The molecule has 1 aromatic carbocycles. The molecule has 0 saturated heterocycles. The van der Waals surface area contributed by atoms with Gasteiger partial charge in [-0.1, -0.05) is 55.3 Å². The lowest BCUT2D eigenvalue weighted by Gasteiger charge is -2.17. The highest BCUT2D eigenvalue weighted by atomic mass is 35.5. The van der Waals surface area contributed by atoms with E-state index in [9.17, 15) is 0 Å². The number of halogens is 1. The largest absolute Gasteiger partial charge is 0.271 e. The first-order valence-electron chi connectivity index (χ1n) is 6.41. The summed E-state index contributed by atoms with van der Waals surface area (Å²) in [6.07, 6.45) is 3.95. The number of nitrogens with one attached hydrogen (secondary N) is 1. The average molecular weight is 276 g/mol. The second-order valence-electron chi connectivity index (χ2n) is 4.51. The normalized spacial score (nSPS) is 12.4. The van der Waals surface area contributed by atoms with Crippen molar-refractivity contribution in [3.05, 3.63) is 64.4 Å². The van der Waals surface area contributed by atoms with Gasteiger partial charge in [0.2, 0.25) is 0 Å². The van der Waals surface area contributed by atoms with Crippen LogP contribution in [0.2, 0.25) is 5.15 Å². The molecule has 0 fully saturated rings. The van der Waals surface area contributed by atoms with Crippen molar-refractivity contribution >= 4 is 11.6 Å². The minimum absolute atomic E-state index is 0.0680. The van der Waals surface area contributed by atoms with Gasteiger partial charge in [-0.15, -0.1) is 0 Å². The molecule has 19 heavy (non-hydrogen) atoms. The van der Waals surface area contributed by atoms with Crippen molar-refractivity contribution in [1.29, 1.82) is 0 Å². The average Bonchev–Trinajstić information content (AvgIpc) is 2.43. The lowest BCUT2D eigenvalue weighted by molar-refractivity contribution is 0.634. The maximum atomic E-state index is 5.81. The van der Waals surface area contributed by atoms with Crippen LogP contribution in [-0.4, -0.2) is 4.98 Å². The molecule has 3 N–H and O–H groups in total. The third-order valence-electron chi connectivity index (χ3n) is 3.07. The second kappa shape index (κ2) is 6.66. The van der Waals surface area contributed by atoms with E-state index < -0.39 is 0 Å². The van der Waals surface area contributed by atoms with E-state index in [1.165, 1.54) is 5.56 Å². The van der Waals surface area contributed by atoms with Gasteiger partial charge < -0.3 is 0 Å². The van der Waals surface area contributed by atoms with E-state index in [0.717, 1.165) is 24.0 Å². The zero-order valence-electron chi connectivity index (χ0n) is 10.9.